The Morgan fingerprint density at radius 2 is 2.20 bits per heavy atom. The second-order valence-electron chi connectivity index (χ2n) is 4.91. The molecule has 0 saturated heterocycles. The predicted octanol–water partition coefficient (Wildman–Crippen LogP) is 1.48. The Balaban J connectivity index is 2.27. The molecule has 5 nitrogen and oxygen atoms in total. The minimum Gasteiger partial charge on any atom is -0.355 e. The quantitative estimate of drug-likeness (QED) is 0.585. The first-order valence-corrected chi connectivity index (χ1v) is 7.22. The predicted molar refractivity (Wildman–Crippen MR) is 84.8 cm³/mol. The largest absolute Gasteiger partial charge is 0.355 e. The third kappa shape index (κ3) is 6.02. The van der Waals surface area contributed by atoms with Gasteiger partial charge in [0.1, 0.15) is 0 Å². The van der Waals surface area contributed by atoms with Crippen molar-refractivity contribution in [2.45, 2.75) is 32.9 Å². The highest BCUT2D eigenvalue weighted by Gasteiger charge is 2.06. The van der Waals surface area contributed by atoms with Crippen LogP contribution in [0.1, 0.15) is 26.0 Å². The first-order valence-electron chi connectivity index (χ1n) is 7.22. The van der Waals surface area contributed by atoms with Crippen molar-refractivity contribution in [2.75, 3.05) is 27.2 Å². The van der Waals surface area contributed by atoms with Crippen LogP contribution in [0.5, 0.6) is 0 Å². The van der Waals surface area contributed by atoms with Gasteiger partial charge in [-0.25, -0.2) is 0 Å². The van der Waals surface area contributed by atoms with Crippen LogP contribution < -0.4 is 10.6 Å². The molecule has 1 rings (SSSR count). The molecule has 1 atom stereocenters. The highest BCUT2D eigenvalue weighted by molar-refractivity contribution is 5.79. The van der Waals surface area contributed by atoms with Gasteiger partial charge in [0.2, 0.25) is 0 Å². The fourth-order valence-corrected chi connectivity index (χ4v) is 1.78. The van der Waals surface area contributed by atoms with Crippen molar-refractivity contribution in [3.63, 3.8) is 0 Å². The summed E-state index contributed by atoms with van der Waals surface area (Å²) in [4.78, 5) is 10.8. The van der Waals surface area contributed by atoms with Crippen LogP contribution in [0.15, 0.2) is 29.4 Å². The Morgan fingerprint density at radius 1 is 1.40 bits per heavy atom. The van der Waals surface area contributed by atoms with E-state index in [4.69, 9.17) is 0 Å². The molecule has 0 fully saturated rings. The summed E-state index contributed by atoms with van der Waals surface area (Å²) in [6, 6.07) is 6.51. The van der Waals surface area contributed by atoms with Crippen LogP contribution in [0.4, 0.5) is 0 Å². The van der Waals surface area contributed by atoms with E-state index in [0.29, 0.717) is 12.6 Å². The second kappa shape index (κ2) is 9.31. The lowest BCUT2D eigenvalue weighted by Crippen LogP contribution is -2.42. The molecule has 0 amide bonds. The number of nitrogens with zero attached hydrogens (tertiary/aromatic N) is 3. The van der Waals surface area contributed by atoms with Gasteiger partial charge in [0.05, 0.1) is 12.2 Å². The average Bonchev–Trinajstić information content (AvgIpc) is 2.50. The summed E-state index contributed by atoms with van der Waals surface area (Å²) in [5.41, 5.74) is 1.01. The molecule has 5 heteroatoms. The van der Waals surface area contributed by atoms with Crippen molar-refractivity contribution in [3.8, 4) is 0 Å². The number of guanidine groups is 1. The van der Waals surface area contributed by atoms with Crippen molar-refractivity contribution in [2.24, 2.45) is 4.99 Å². The lowest BCUT2D eigenvalue weighted by Gasteiger charge is -2.23. The van der Waals surface area contributed by atoms with Crippen LogP contribution in [-0.4, -0.2) is 49.1 Å². The van der Waals surface area contributed by atoms with Crippen LogP contribution in [0.3, 0.4) is 0 Å². The van der Waals surface area contributed by atoms with Crippen LogP contribution in [0.25, 0.3) is 0 Å². The second-order valence-corrected chi connectivity index (χ2v) is 4.91. The molecule has 20 heavy (non-hydrogen) atoms. The number of rotatable bonds is 7. The minimum atomic E-state index is 0.611. The van der Waals surface area contributed by atoms with Gasteiger partial charge >= 0.3 is 0 Å². The Hall–Kier alpha value is -1.62. The van der Waals surface area contributed by atoms with Crippen LogP contribution in [-0.2, 0) is 6.54 Å². The molecule has 2 N–H and O–H groups in total. The molecule has 0 aliphatic carbocycles. The van der Waals surface area contributed by atoms with Crippen molar-refractivity contribution in [3.05, 3.63) is 30.1 Å². The summed E-state index contributed by atoms with van der Waals surface area (Å²) in [5, 5.41) is 6.58. The molecule has 112 valence electrons. The number of hydrogen-bond acceptors (Lipinski definition) is 3. The molecular weight excluding hydrogens is 250 g/mol. The van der Waals surface area contributed by atoms with E-state index in [1.807, 2.05) is 18.2 Å². The Morgan fingerprint density at radius 3 is 2.80 bits per heavy atom. The van der Waals surface area contributed by atoms with E-state index < -0.39 is 0 Å². The molecule has 0 aliphatic rings. The van der Waals surface area contributed by atoms with Gasteiger partial charge in [0, 0.05) is 32.4 Å². The molecular formula is C15H27N5. The smallest absolute Gasteiger partial charge is 0.191 e. The van der Waals surface area contributed by atoms with Crippen molar-refractivity contribution >= 4 is 5.96 Å². The zero-order valence-corrected chi connectivity index (χ0v) is 13.1. The SMILES string of the molecule is CCC(C)N(C)CCNC(=NC)NCc1ccccn1. The molecule has 1 aromatic rings. The molecule has 1 unspecified atom stereocenters. The van der Waals surface area contributed by atoms with E-state index in [2.05, 4.69) is 46.4 Å². The number of pyridine rings is 1. The Kier molecular flexibility index (Phi) is 7.65. The van der Waals surface area contributed by atoms with Gasteiger partial charge in [0.25, 0.3) is 0 Å². The zero-order valence-electron chi connectivity index (χ0n) is 13.1. The Labute approximate surface area is 122 Å². The fraction of sp³-hybridized carbons (Fsp3) is 0.600. The molecule has 0 spiro atoms. The summed E-state index contributed by atoms with van der Waals surface area (Å²) in [5.74, 6) is 0.813. The summed E-state index contributed by atoms with van der Waals surface area (Å²) in [6.45, 7) is 7.01. The van der Waals surface area contributed by atoms with Gasteiger partial charge in [-0.15, -0.1) is 0 Å². The highest BCUT2D eigenvalue weighted by atomic mass is 15.2. The zero-order chi connectivity index (χ0) is 14.8. The van der Waals surface area contributed by atoms with Gasteiger partial charge in [0.15, 0.2) is 5.96 Å². The van der Waals surface area contributed by atoms with E-state index in [9.17, 15) is 0 Å². The lowest BCUT2D eigenvalue weighted by atomic mass is 10.2. The first-order chi connectivity index (χ1) is 9.67. The fourth-order valence-electron chi connectivity index (χ4n) is 1.78. The van der Waals surface area contributed by atoms with Crippen molar-refractivity contribution in [1.82, 2.24) is 20.5 Å². The number of aromatic nitrogens is 1. The lowest BCUT2D eigenvalue weighted by molar-refractivity contribution is 0.255. The van der Waals surface area contributed by atoms with Gasteiger partial charge in [-0.1, -0.05) is 13.0 Å². The number of nitrogens with one attached hydrogen (secondary N) is 2. The normalized spacial score (nSPS) is 13.3. The topological polar surface area (TPSA) is 52.5 Å². The van der Waals surface area contributed by atoms with Gasteiger partial charge in [-0.2, -0.15) is 0 Å². The number of hydrogen-bond donors (Lipinski definition) is 2. The molecule has 0 bridgehead atoms. The van der Waals surface area contributed by atoms with E-state index in [1.54, 1.807) is 13.2 Å². The van der Waals surface area contributed by atoms with E-state index in [-0.39, 0.29) is 0 Å². The monoisotopic (exact) mass is 277 g/mol. The maximum atomic E-state index is 4.27. The molecule has 1 heterocycles. The highest BCUT2D eigenvalue weighted by Crippen LogP contribution is 1.98. The van der Waals surface area contributed by atoms with E-state index in [1.165, 1.54) is 6.42 Å². The number of likely N-dealkylation sites (N-methyl/N-ethyl adjacent to an activating group) is 1. The summed E-state index contributed by atoms with van der Waals surface area (Å²) in [7, 11) is 3.94. The third-order valence-electron chi connectivity index (χ3n) is 3.49. The number of aliphatic imine (C=N–C) groups is 1. The summed E-state index contributed by atoms with van der Waals surface area (Å²) in [6.07, 6.45) is 2.97. The van der Waals surface area contributed by atoms with Gasteiger partial charge in [-0.3, -0.25) is 9.98 Å². The minimum absolute atomic E-state index is 0.611. The third-order valence-corrected chi connectivity index (χ3v) is 3.49. The summed E-state index contributed by atoms with van der Waals surface area (Å²) >= 11 is 0. The molecule has 0 radical (unpaired) electrons. The first kappa shape index (κ1) is 16.4. The molecule has 0 saturated carbocycles. The van der Waals surface area contributed by atoms with Gasteiger partial charge in [-0.05, 0) is 32.5 Å². The van der Waals surface area contributed by atoms with Crippen LogP contribution in [0, 0.1) is 0 Å². The molecule has 0 aromatic carbocycles. The van der Waals surface area contributed by atoms with Crippen LogP contribution in [0.2, 0.25) is 0 Å². The van der Waals surface area contributed by atoms with Crippen molar-refractivity contribution < 1.29 is 0 Å². The molecule has 0 aliphatic heterocycles. The van der Waals surface area contributed by atoms with Crippen molar-refractivity contribution in [1.29, 1.82) is 0 Å². The standard InChI is InChI=1S/C15H27N5/c1-5-13(2)20(4)11-10-18-15(16-3)19-12-14-8-6-7-9-17-14/h6-9,13H,5,10-12H2,1-4H3,(H2,16,18,19). The summed E-state index contributed by atoms with van der Waals surface area (Å²) < 4.78 is 0. The molecule has 1 aromatic heterocycles. The van der Waals surface area contributed by atoms with Gasteiger partial charge < -0.3 is 15.5 Å². The maximum Gasteiger partial charge on any atom is 0.191 e. The Bertz CT molecular complexity index is 391. The maximum absolute atomic E-state index is 4.27. The van der Waals surface area contributed by atoms with Crippen LogP contribution >= 0.6 is 0 Å². The van der Waals surface area contributed by atoms with E-state index in [0.717, 1.165) is 24.7 Å². The van der Waals surface area contributed by atoms with E-state index >= 15 is 0 Å². The average molecular weight is 277 g/mol.